The largest absolute Gasteiger partial charge is 0.383 e. The van der Waals surface area contributed by atoms with Gasteiger partial charge in [0.15, 0.2) is 0 Å². The molecule has 2 N–H and O–H groups in total. The molecule has 1 aromatic heterocycles. The Bertz CT molecular complexity index is 522. The minimum Gasteiger partial charge on any atom is -0.383 e. The van der Waals surface area contributed by atoms with E-state index in [4.69, 9.17) is 10.5 Å². The number of ether oxygens (including phenoxy) is 1. The summed E-state index contributed by atoms with van der Waals surface area (Å²) < 4.78 is 5.46. The normalized spacial score (nSPS) is 22.6. The van der Waals surface area contributed by atoms with E-state index < -0.39 is 0 Å². The van der Waals surface area contributed by atoms with Crippen LogP contribution in [0.1, 0.15) is 18.4 Å². The highest BCUT2D eigenvalue weighted by Crippen LogP contribution is 2.18. The molecule has 3 rings (SSSR count). The zero-order chi connectivity index (χ0) is 14.8. The standard InChI is InChI=1S/C14H21N5O2/c1-10-9-16-14(17-12(10)15)19-6-4-18(5-7-19)13(20)11-3-2-8-21-11/h9,11H,2-8H2,1H3,(H2,15,16,17). The van der Waals surface area contributed by atoms with Gasteiger partial charge < -0.3 is 20.3 Å². The molecular formula is C14H21N5O2. The molecule has 2 aliphatic heterocycles. The topological polar surface area (TPSA) is 84.6 Å². The number of anilines is 2. The van der Waals surface area contributed by atoms with Crippen molar-refractivity contribution in [2.45, 2.75) is 25.9 Å². The SMILES string of the molecule is Cc1cnc(N2CCN(C(=O)C3CCCO3)CC2)nc1N. The summed E-state index contributed by atoms with van der Waals surface area (Å²) in [7, 11) is 0. The molecule has 1 unspecified atom stereocenters. The molecule has 114 valence electrons. The monoisotopic (exact) mass is 291 g/mol. The van der Waals surface area contributed by atoms with Gasteiger partial charge in [-0.15, -0.1) is 0 Å². The molecule has 7 nitrogen and oxygen atoms in total. The highest BCUT2D eigenvalue weighted by Gasteiger charge is 2.30. The van der Waals surface area contributed by atoms with E-state index in [1.165, 1.54) is 0 Å². The molecule has 1 atom stereocenters. The summed E-state index contributed by atoms with van der Waals surface area (Å²) >= 11 is 0. The van der Waals surface area contributed by atoms with Crippen molar-refractivity contribution in [3.05, 3.63) is 11.8 Å². The van der Waals surface area contributed by atoms with Crippen LogP contribution >= 0.6 is 0 Å². The third-order valence-electron chi connectivity index (χ3n) is 4.08. The molecular weight excluding hydrogens is 270 g/mol. The van der Waals surface area contributed by atoms with Crippen molar-refractivity contribution in [3.8, 4) is 0 Å². The summed E-state index contributed by atoms with van der Waals surface area (Å²) in [6, 6.07) is 0. The van der Waals surface area contributed by atoms with E-state index in [9.17, 15) is 4.79 Å². The fourth-order valence-electron chi connectivity index (χ4n) is 2.70. The number of aryl methyl sites for hydroxylation is 1. The van der Waals surface area contributed by atoms with Gasteiger partial charge in [-0.05, 0) is 19.8 Å². The van der Waals surface area contributed by atoms with Crippen LogP contribution in [0.25, 0.3) is 0 Å². The first kappa shape index (κ1) is 14.1. The third kappa shape index (κ3) is 2.92. The van der Waals surface area contributed by atoms with Gasteiger partial charge in [0.05, 0.1) is 0 Å². The van der Waals surface area contributed by atoms with Crippen LogP contribution in [0.3, 0.4) is 0 Å². The lowest BCUT2D eigenvalue weighted by molar-refractivity contribution is -0.141. The number of aromatic nitrogens is 2. The maximum Gasteiger partial charge on any atom is 0.251 e. The number of hydrogen-bond donors (Lipinski definition) is 1. The van der Waals surface area contributed by atoms with E-state index in [2.05, 4.69) is 14.9 Å². The molecule has 1 aromatic rings. The van der Waals surface area contributed by atoms with Gasteiger partial charge in [-0.25, -0.2) is 4.98 Å². The Balaban J connectivity index is 1.59. The van der Waals surface area contributed by atoms with E-state index in [1.54, 1.807) is 6.20 Å². The van der Waals surface area contributed by atoms with Crippen LogP contribution < -0.4 is 10.6 Å². The Hall–Kier alpha value is -1.89. The van der Waals surface area contributed by atoms with Crippen molar-refractivity contribution >= 4 is 17.7 Å². The van der Waals surface area contributed by atoms with Gasteiger partial charge in [0.1, 0.15) is 11.9 Å². The molecule has 0 aliphatic carbocycles. The number of carbonyl (C=O) groups is 1. The van der Waals surface area contributed by atoms with E-state index >= 15 is 0 Å². The molecule has 3 heterocycles. The molecule has 0 saturated carbocycles. The van der Waals surface area contributed by atoms with Gasteiger partial charge in [-0.1, -0.05) is 0 Å². The predicted octanol–water partition coefficient (Wildman–Crippen LogP) is 0.195. The highest BCUT2D eigenvalue weighted by atomic mass is 16.5. The fraction of sp³-hybridized carbons (Fsp3) is 0.643. The summed E-state index contributed by atoms with van der Waals surface area (Å²) in [5, 5.41) is 0. The lowest BCUT2D eigenvalue weighted by Gasteiger charge is -2.35. The average molecular weight is 291 g/mol. The third-order valence-corrected chi connectivity index (χ3v) is 4.08. The highest BCUT2D eigenvalue weighted by molar-refractivity contribution is 5.81. The lowest BCUT2D eigenvalue weighted by Crippen LogP contribution is -2.51. The number of piperazine rings is 1. The van der Waals surface area contributed by atoms with Crippen molar-refractivity contribution in [1.29, 1.82) is 0 Å². The molecule has 0 spiro atoms. The molecule has 7 heteroatoms. The molecule has 0 radical (unpaired) electrons. The van der Waals surface area contributed by atoms with Crippen LogP contribution in [-0.4, -0.2) is 59.7 Å². The number of nitrogens with zero attached hydrogens (tertiary/aromatic N) is 4. The molecule has 1 amide bonds. The van der Waals surface area contributed by atoms with Crippen molar-refractivity contribution in [2.75, 3.05) is 43.4 Å². The molecule has 0 bridgehead atoms. The Morgan fingerprint density at radius 1 is 1.38 bits per heavy atom. The van der Waals surface area contributed by atoms with Crippen molar-refractivity contribution < 1.29 is 9.53 Å². The smallest absolute Gasteiger partial charge is 0.251 e. The van der Waals surface area contributed by atoms with Crippen LogP contribution in [0.5, 0.6) is 0 Å². The number of hydrogen-bond acceptors (Lipinski definition) is 6. The van der Waals surface area contributed by atoms with Gasteiger partial charge in [0, 0.05) is 44.5 Å². The van der Waals surface area contributed by atoms with Crippen LogP contribution in [0.15, 0.2) is 6.20 Å². The Morgan fingerprint density at radius 2 is 2.14 bits per heavy atom. The van der Waals surface area contributed by atoms with Crippen molar-refractivity contribution in [1.82, 2.24) is 14.9 Å². The number of carbonyl (C=O) groups excluding carboxylic acids is 1. The minimum atomic E-state index is -0.234. The van der Waals surface area contributed by atoms with E-state index in [0.29, 0.717) is 31.5 Å². The zero-order valence-corrected chi connectivity index (χ0v) is 12.3. The number of rotatable bonds is 2. The minimum absolute atomic E-state index is 0.122. The van der Waals surface area contributed by atoms with Gasteiger partial charge in [0.25, 0.3) is 5.91 Å². The summed E-state index contributed by atoms with van der Waals surface area (Å²) in [6.45, 7) is 5.39. The molecule has 2 aliphatic rings. The van der Waals surface area contributed by atoms with Crippen LogP contribution in [0.4, 0.5) is 11.8 Å². The Morgan fingerprint density at radius 3 is 2.76 bits per heavy atom. The number of amides is 1. The summed E-state index contributed by atoms with van der Waals surface area (Å²) in [5.74, 6) is 1.27. The second-order valence-electron chi connectivity index (χ2n) is 5.55. The Labute approximate surface area is 124 Å². The maximum absolute atomic E-state index is 12.3. The average Bonchev–Trinajstić information content (AvgIpc) is 3.04. The van der Waals surface area contributed by atoms with Gasteiger partial charge in [0.2, 0.25) is 5.95 Å². The molecule has 21 heavy (non-hydrogen) atoms. The molecule has 2 saturated heterocycles. The number of nitrogen functional groups attached to an aromatic ring is 1. The Kier molecular flexibility index (Phi) is 3.92. The molecule has 2 fully saturated rings. The van der Waals surface area contributed by atoms with E-state index in [0.717, 1.165) is 31.5 Å². The second-order valence-corrected chi connectivity index (χ2v) is 5.55. The van der Waals surface area contributed by atoms with Crippen molar-refractivity contribution in [2.24, 2.45) is 0 Å². The van der Waals surface area contributed by atoms with Gasteiger partial charge >= 0.3 is 0 Å². The van der Waals surface area contributed by atoms with Gasteiger partial charge in [-0.2, -0.15) is 4.98 Å². The zero-order valence-electron chi connectivity index (χ0n) is 12.3. The first-order valence-electron chi connectivity index (χ1n) is 7.39. The summed E-state index contributed by atoms with van der Waals surface area (Å²) in [4.78, 5) is 24.8. The fourth-order valence-corrected chi connectivity index (χ4v) is 2.70. The van der Waals surface area contributed by atoms with Crippen LogP contribution in [0.2, 0.25) is 0 Å². The van der Waals surface area contributed by atoms with E-state index in [-0.39, 0.29) is 12.0 Å². The predicted molar refractivity (Wildman–Crippen MR) is 78.9 cm³/mol. The molecule has 0 aromatic carbocycles. The van der Waals surface area contributed by atoms with E-state index in [1.807, 2.05) is 11.8 Å². The summed E-state index contributed by atoms with van der Waals surface area (Å²) in [5.41, 5.74) is 6.71. The van der Waals surface area contributed by atoms with Crippen LogP contribution in [0, 0.1) is 6.92 Å². The second kappa shape index (κ2) is 5.85. The lowest BCUT2D eigenvalue weighted by atomic mass is 10.2. The summed E-state index contributed by atoms with van der Waals surface area (Å²) in [6.07, 6.45) is 3.33. The maximum atomic E-state index is 12.3. The van der Waals surface area contributed by atoms with Gasteiger partial charge in [-0.3, -0.25) is 4.79 Å². The quantitative estimate of drug-likeness (QED) is 0.837. The first-order valence-corrected chi connectivity index (χ1v) is 7.39. The first-order chi connectivity index (χ1) is 10.1. The van der Waals surface area contributed by atoms with Crippen LogP contribution in [-0.2, 0) is 9.53 Å². The number of nitrogens with two attached hydrogens (primary N) is 1. The van der Waals surface area contributed by atoms with Crippen molar-refractivity contribution in [3.63, 3.8) is 0 Å².